The van der Waals surface area contributed by atoms with Crippen molar-refractivity contribution >= 4 is 0 Å². The lowest BCUT2D eigenvalue weighted by Crippen LogP contribution is -2.29. The van der Waals surface area contributed by atoms with Crippen LogP contribution in [0.1, 0.15) is 26.2 Å². The van der Waals surface area contributed by atoms with Crippen LogP contribution in [0.5, 0.6) is 0 Å². The Balaban J connectivity index is 2.48. The molecule has 0 aromatic carbocycles. The van der Waals surface area contributed by atoms with Crippen molar-refractivity contribution in [1.82, 2.24) is 0 Å². The third kappa shape index (κ3) is 1.79. The van der Waals surface area contributed by atoms with E-state index >= 15 is 0 Å². The van der Waals surface area contributed by atoms with Crippen molar-refractivity contribution in [3.8, 4) is 0 Å². The molecule has 0 bridgehead atoms. The maximum Gasteiger partial charge on any atom is 0.0851 e. The van der Waals surface area contributed by atoms with Crippen molar-refractivity contribution < 1.29 is 15.3 Å². The fourth-order valence-corrected chi connectivity index (χ4v) is 2.07. The Morgan fingerprint density at radius 3 is 2.17 bits per heavy atom. The number of aliphatic hydroxyl groups is 3. The quantitative estimate of drug-likeness (QED) is 0.570. The Morgan fingerprint density at radius 2 is 1.75 bits per heavy atom. The van der Waals surface area contributed by atoms with Gasteiger partial charge in [0, 0.05) is 12.5 Å². The van der Waals surface area contributed by atoms with E-state index in [1.807, 2.05) is 0 Å². The minimum atomic E-state index is -0.716. The first-order valence-electron chi connectivity index (χ1n) is 4.67. The van der Waals surface area contributed by atoms with Crippen molar-refractivity contribution in [2.24, 2.45) is 11.8 Å². The van der Waals surface area contributed by atoms with Crippen LogP contribution in [0.2, 0.25) is 0 Å². The molecule has 3 N–H and O–H groups in total. The van der Waals surface area contributed by atoms with Crippen molar-refractivity contribution in [2.45, 2.75) is 38.4 Å². The van der Waals surface area contributed by atoms with Crippen LogP contribution in [-0.2, 0) is 0 Å². The first kappa shape index (κ1) is 9.96. The van der Waals surface area contributed by atoms with Gasteiger partial charge in [-0.2, -0.15) is 0 Å². The maximum atomic E-state index is 9.53. The molecular weight excluding hydrogens is 156 g/mol. The second kappa shape index (κ2) is 4.21. The molecule has 1 aliphatic rings. The van der Waals surface area contributed by atoms with Gasteiger partial charge in [-0.05, 0) is 18.8 Å². The van der Waals surface area contributed by atoms with Crippen molar-refractivity contribution in [2.75, 3.05) is 6.61 Å². The molecule has 0 aliphatic heterocycles. The highest BCUT2D eigenvalue weighted by Gasteiger charge is 2.40. The SMILES string of the molecule is CCC[C@H]1C[C@H](CO)[C@H](O)[C@H]1O. The predicted octanol–water partition coefficient (Wildman–Crippen LogP) is 0.137. The standard InChI is InChI=1S/C9H18O3/c1-2-3-6-4-7(5-10)9(12)8(6)11/h6-12H,2-5H2,1H3/t6-,7+,8-,9-/m0/s1. The lowest BCUT2D eigenvalue weighted by Gasteiger charge is -2.15. The Bertz CT molecular complexity index is 138. The molecule has 1 fully saturated rings. The molecule has 3 heteroatoms. The summed E-state index contributed by atoms with van der Waals surface area (Å²) >= 11 is 0. The molecule has 1 saturated carbocycles. The van der Waals surface area contributed by atoms with Gasteiger partial charge in [0.05, 0.1) is 12.2 Å². The summed E-state index contributed by atoms with van der Waals surface area (Å²) in [4.78, 5) is 0. The van der Waals surface area contributed by atoms with E-state index in [9.17, 15) is 10.2 Å². The van der Waals surface area contributed by atoms with E-state index in [1.165, 1.54) is 0 Å². The number of aliphatic hydroxyl groups excluding tert-OH is 3. The molecule has 0 heterocycles. The minimum Gasteiger partial charge on any atom is -0.396 e. The highest BCUT2D eigenvalue weighted by atomic mass is 16.3. The van der Waals surface area contributed by atoms with Gasteiger partial charge >= 0.3 is 0 Å². The first-order chi connectivity index (χ1) is 5.70. The highest BCUT2D eigenvalue weighted by Crippen LogP contribution is 2.34. The van der Waals surface area contributed by atoms with E-state index in [0.717, 1.165) is 19.3 Å². The molecular formula is C9H18O3. The average molecular weight is 174 g/mol. The maximum absolute atomic E-state index is 9.53. The predicted molar refractivity (Wildman–Crippen MR) is 45.6 cm³/mol. The van der Waals surface area contributed by atoms with E-state index in [4.69, 9.17) is 5.11 Å². The Hall–Kier alpha value is -0.120. The van der Waals surface area contributed by atoms with Gasteiger partial charge < -0.3 is 15.3 Å². The molecule has 72 valence electrons. The highest BCUT2D eigenvalue weighted by molar-refractivity contribution is 4.90. The third-order valence-corrected chi connectivity index (χ3v) is 2.82. The molecule has 0 spiro atoms. The van der Waals surface area contributed by atoms with E-state index in [2.05, 4.69) is 6.92 Å². The van der Waals surface area contributed by atoms with Gasteiger partial charge in [0.1, 0.15) is 0 Å². The van der Waals surface area contributed by atoms with Crippen LogP contribution in [0.15, 0.2) is 0 Å². The van der Waals surface area contributed by atoms with Gasteiger partial charge in [-0.3, -0.25) is 0 Å². The van der Waals surface area contributed by atoms with Gasteiger partial charge in [-0.25, -0.2) is 0 Å². The van der Waals surface area contributed by atoms with E-state index in [0.29, 0.717) is 0 Å². The molecule has 12 heavy (non-hydrogen) atoms. The molecule has 1 rings (SSSR count). The molecule has 1 aliphatic carbocycles. The lowest BCUT2D eigenvalue weighted by molar-refractivity contribution is -0.00693. The van der Waals surface area contributed by atoms with Gasteiger partial charge in [0.15, 0.2) is 0 Å². The Labute approximate surface area is 73.0 Å². The summed E-state index contributed by atoms with van der Waals surface area (Å²) in [6.45, 7) is 2.05. The van der Waals surface area contributed by atoms with Crippen LogP contribution < -0.4 is 0 Å². The molecule has 0 aromatic rings. The van der Waals surface area contributed by atoms with Gasteiger partial charge in [0.25, 0.3) is 0 Å². The summed E-state index contributed by atoms with van der Waals surface area (Å²) in [5, 5.41) is 27.8. The summed E-state index contributed by atoms with van der Waals surface area (Å²) in [6, 6.07) is 0. The zero-order valence-electron chi connectivity index (χ0n) is 7.48. The van der Waals surface area contributed by atoms with Crippen LogP contribution in [0.25, 0.3) is 0 Å². The molecule has 3 nitrogen and oxygen atoms in total. The summed E-state index contributed by atoms with van der Waals surface area (Å²) in [5.41, 5.74) is 0. The fraction of sp³-hybridized carbons (Fsp3) is 1.00. The molecule has 0 aromatic heterocycles. The third-order valence-electron chi connectivity index (χ3n) is 2.82. The molecule has 4 atom stereocenters. The normalized spacial score (nSPS) is 42.0. The monoisotopic (exact) mass is 174 g/mol. The second-order valence-corrected chi connectivity index (χ2v) is 3.71. The van der Waals surface area contributed by atoms with Crippen LogP contribution in [0.4, 0.5) is 0 Å². The Kier molecular flexibility index (Phi) is 3.50. The minimum absolute atomic E-state index is 0.0154. The topological polar surface area (TPSA) is 60.7 Å². The van der Waals surface area contributed by atoms with Crippen LogP contribution in [0, 0.1) is 11.8 Å². The number of hydrogen-bond donors (Lipinski definition) is 3. The van der Waals surface area contributed by atoms with Gasteiger partial charge in [-0.1, -0.05) is 13.3 Å². The zero-order chi connectivity index (χ0) is 9.14. The number of rotatable bonds is 3. The molecule has 0 amide bonds. The lowest BCUT2D eigenvalue weighted by atomic mass is 9.99. The summed E-state index contributed by atoms with van der Waals surface area (Å²) in [6.07, 6.45) is 1.38. The van der Waals surface area contributed by atoms with Crippen molar-refractivity contribution in [3.05, 3.63) is 0 Å². The van der Waals surface area contributed by atoms with Crippen LogP contribution >= 0.6 is 0 Å². The largest absolute Gasteiger partial charge is 0.396 e. The summed E-state index contributed by atoms with van der Waals surface area (Å²) in [5.74, 6) is 0.0682. The molecule has 0 unspecified atom stereocenters. The zero-order valence-corrected chi connectivity index (χ0v) is 7.48. The van der Waals surface area contributed by atoms with Crippen molar-refractivity contribution in [3.63, 3.8) is 0 Å². The Morgan fingerprint density at radius 1 is 1.17 bits per heavy atom. The van der Waals surface area contributed by atoms with Gasteiger partial charge in [-0.15, -0.1) is 0 Å². The second-order valence-electron chi connectivity index (χ2n) is 3.71. The summed E-state index contributed by atoms with van der Waals surface area (Å²) < 4.78 is 0. The van der Waals surface area contributed by atoms with E-state index in [1.54, 1.807) is 0 Å². The van der Waals surface area contributed by atoms with Gasteiger partial charge in [0.2, 0.25) is 0 Å². The molecule has 0 saturated heterocycles. The molecule has 0 radical (unpaired) electrons. The van der Waals surface area contributed by atoms with E-state index in [-0.39, 0.29) is 18.4 Å². The average Bonchev–Trinajstić information content (AvgIpc) is 2.33. The van der Waals surface area contributed by atoms with E-state index < -0.39 is 12.2 Å². The fourth-order valence-electron chi connectivity index (χ4n) is 2.07. The number of hydrogen-bond acceptors (Lipinski definition) is 3. The smallest absolute Gasteiger partial charge is 0.0851 e. The first-order valence-corrected chi connectivity index (χ1v) is 4.67. The van der Waals surface area contributed by atoms with Crippen LogP contribution in [0.3, 0.4) is 0 Å². The summed E-state index contributed by atoms with van der Waals surface area (Å²) in [7, 11) is 0. The van der Waals surface area contributed by atoms with Crippen LogP contribution in [-0.4, -0.2) is 34.1 Å². The van der Waals surface area contributed by atoms with Crippen molar-refractivity contribution in [1.29, 1.82) is 0 Å².